The lowest BCUT2D eigenvalue weighted by Crippen LogP contribution is -2.36. The number of para-hydroxylation sites is 1. The fraction of sp³-hybridized carbons (Fsp3) is 0.0556. The fourth-order valence-corrected chi connectivity index (χ4v) is 4.44. The zero-order valence-corrected chi connectivity index (χ0v) is 18.4. The molecule has 0 aromatic heterocycles. The SMILES string of the molecule is O=C(CN1C(=O)S/C(=C/c2cc(Cl)cc(I)c2O)C1=O)Nc1ccccc1Cl. The predicted octanol–water partition coefficient (Wildman–Crippen LogP) is 4.98. The lowest BCUT2D eigenvalue weighted by atomic mass is 10.2. The average molecular weight is 549 g/mol. The van der Waals surface area contributed by atoms with Crippen LogP contribution < -0.4 is 5.32 Å². The monoisotopic (exact) mass is 548 g/mol. The molecule has 0 spiro atoms. The molecule has 0 unspecified atom stereocenters. The van der Waals surface area contributed by atoms with Gasteiger partial charge in [-0.05, 0) is 64.7 Å². The summed E-state index contributed by atoms with van der Waals surface area (Å²) < 4.78 is 0.509. The van der Waals surface area contributed by atoms with E-state index in [1.54, 1.807) is 30.3 Å². The number of nitrogens with zero attached hydrogens (tertiary/aromatic N) is 1. The van der Waals surface area contributed by atoms with Crippen LogP contribution in [0.5, 0.6) is 5.75 Å². The van der Waals surface area contributed by atoms with E-state index in [2.05, 4.69) is 5.32 Å². The molecule has 0 radical (unpaired) electrons. The molecule has 3 rings (SSSR count). The van der Waals surface area contributed by atoms with E-state index in [0.29, 0.717) is 36.6 Å². The topological polar surface area (TPSA) is 86.7 Å². The van der Waals surface area contributed by atoms with E-state index >= 15 is 0 Å². The molecule has 1 aliphatic heterocycles. The standard InChI is InChI=1S/C18H11Cl2IN2O4S/c19-10-5-9(16(25)12(21)7-10)6-14-17(26)23(18(27)28-14)8-15(24)22-13-4-2-1-3-11(13)20/h1-7,25H,8H2,(H,22,24)/b14-6+. The van der Waals surface area contributed by atoms with Gasteiger partial charge >= 0.3 is 0 Å². The maximum Gasteiger partial charge on any atom is 0.294 e. The third kappa shape index (κ3) is 4.62. The molecule has 2 aromatic rings. The van der Waals surface area contributed by atoms with Gasteiger partial charge in [0.05, 0.1) is 19.2 Å². The minimum atomic E-state index is -0.626. The number of carbonyl (C=O) groups excluding carboxylic acids is 3. The Morgan fingerprint density at radius 3 is 2.68 bits per heavy atom. The largest absolute Gasteiger partial charge is 0.506 e. The number of phenols is 1. The number of anilines is 1. The second-order valence-corrected chi connectivity index (χ2v) is 8.62. The number of carbonyl (C=O) groups is 3. The molecule has 2 N–H and O–H groups in total. The minimum absolute atomic E-state index is 0.0479. The van der Waals surface area contributed by atoms with Crippen LogP contribution in [-0.2, 0) is 9.59 Å². The Labute approximate surface area is 188 Å². The molecule has 0 bridgehead atoms. The van der Waals surface area contributed by atoms with Crippen LogP contribution in [0.15, 0.2) is 41.3 Å². The Balaban J connectivity index is 1.77. The van der Waals surface area contributed by atoms with Crippen LogP contribution in [0.2, 0.25) is 10.0 Å². The number of hydrogen-bond acceptors (Lipinski definition) is 5. The molecular weight excluding hydrogens is 538 g/mol. The second kappa shape index (κ2) is 8.73. The van der Waals surface area contributed by atoms with Gasteiger partial charge < -0.3 is 10.4 Å². The fourth-order valence-electron chi connectivity index (χ4n) is 2.37. The van der Waals surface area contributed by atoms with Crippen LogP contribution in [-0.4, -0.2) is 33.6 Å². The normalized spacial score (nSPS) is 15.4. The number of rotatable bonds is 4. The number of thioether (sulfide) groups is 1. The van der Waals surface area contributed by atoms with Crippen LogP contribution in [0.25, 0.3) is 6.08 Å². The van der Waals surface area contributed by atoms with E-state index in [1.807, 2.05) is 22.6 Å². The number of benzene rings is 2. The Morgan fingerprint density at radius 2 is 1.96 bits per heavy atom. The van der Waals surface area contributed by atoms with Crippen LogP contribution in [0.4, 0.5) is 10.5 Å². The molecule has 0 atom stereocenters. The first-order valence-corrected chi connectivity index (χ1v) is 10.4. The van der Waals surface area contributed by atoms with Crippen LogP contribution in [0.3, 0.4) is 0 Å². The highest BCUT2D eigenvalue weighted by Gasteiger charge is 2.36. The molecule has 0 aliphatic carbocycles. The first-order valence-electron chi connectivity index (χ1n) is 7.74. The summed E-state index contributed by atoms with van der Waals surface area (Å²) >= 11 is 14.6. The summed E-state index contributed by atoms with van der Waals surface area (Å²) in [7, 11) is 0. The lowest BCUT2D eigenvalue weighted by Gasteiger charge is -2.13. The highest BCUT2D eigenvalue weighted by atomic mass is 127. The van der Waals surface area contributed by atoms with Crippen molar-refractivity contribution in [3.8, 4) is 5.75 Å². The molecule has 1 saturated heterocycles. The van der Waals surface area contributed by atoms with Crippen molar-refractivity contribution in [2.45, 2.75) is 0 Å². The quantitative estimate of drug-likeness (QED) is 0.416. The Bertz CT molecular complexity index is 1030. The molecule has 2 aromatic carbocycles. The highest BCUT2D eigenvalue weighted by molar-refractivity contribution is 14.1. The van der Waals surface area contributed by atoms with Gasteiger partial charge in [0, 0.05) is 10.6 Å². The van der Waals surface area contributed by atoms with E-state index in [4.69, 9.17) is 23.2 Å². The summed E-state index contributed by atoms with van der Waals surface area (Å²) in [5.41, 5.74) is 0.693. The summed E-state index contributed by atoms with van der Waals surface area (Å²) in [6, 6.07) is 9.68. The number of phenolic OH excluding ortho intramolecular Hbond substituents is 1. The minimum Gasteiger partial charge on any atom is -0.506 e. The van der Waals surface area contributed by atoms with E-state index in [1.165, 1.54) is 12.1 Å². The molecule has 6 nitrogen and oxygen atoms in total. The number of imide groups is 1. The molecule has 1 aliphatic rings. The number of halogens is 3. The van der Waals surface area contributed by atoms with Gasteiger partial charge in [-0.3, -0.25) is 19.3 Å². The van der Waals surface area contributed by atoms with Crippen molar-refractivity contribution in [2.24, 2.45) is 0 Å². The van der Waals surface area contributed by atoms with Gasteiger partial charge in [-0.1, -0.05) is 35.3 Å². The maximum atomic E-state index is 12.5. The van der Waals surface area contributed by atoms with Gasteiger partial charge in [-0.25, -0.2) is 0 Å². The maximum absolute atomic E-state index is 12.5. The van der Waals surface area contributed by atoms with Crippen LogP contribution in [0.1, 0.15) is 5.56 Å². The lowest BCUT2D eigenvalue weighted by molar-refractivity contribution is -0.127. The first-order chi connectivity index (χ1) is 13.3. The van der Waals surface area contributed by atoms with Gasteiger partial charge in [0.25, 0.3) is 11.1 Å². The zero-order chi connectivity index (χ0) is 20.4. The summed E-state index contributed by atoms with van der Waals surface area (Å²) in [4.78, 5) is 37.9. The number of hydrogen-bond donors (Lipinski definition) is 2. The Kier molecular flexibility index (Phi) is 6.54. The van der Waals surface area contributed by atoms with Crippen LogP contribution in [0, 0.1) is 3.57 Å². The number of aromatic hydroxyl groups is 1. The van der Waals surface area contributed by atoms with E-state index < -0.39 is 23.6 Å². The Morgan fingerprint density at radius 1 is 1.25 bits per heavy atom. The van der Waals surface area contributed by atoms with Gasteiger partial charge in [-0.2, -0.15) is 0 Å². The van der Waals surface area contributed by atoms with E-state index in [-0.39, 0.29) is 10.7 Å². The molecule has 144 valence electrons. The third-order valence-electron chi connectivity index (χ3n) is 3.67. The zero-order valence-electron chi connectivity index (χ0n) is 13.9. The van der Waals surface area contributed by atoms with Crippen molar-refractivity contribution in [2.75, 3.05) is 11.9 Å². The van der Waals surface area contributed by atoms with Crippen molar-refractivity contribution >= 4 is 86.4 Å². The predicted molar refractivity (Wildman–Crippen MR) is 119 cm³/mol. The number of nitrogens with one attached hydrogen (secondary N) is 1. The van der Waals surface area contributed by atoms with E-state index in [9.17, 15) is 19.5 Å². The van der Waals surface area contributed by atoms with E-state index in [0.717, 1.165) is 4.90 Å². The molecule has 0 saturated carbocycles. The summed E-state index contributed by atoms with van der Waals surface area (Å²) in [6.07, 6.45) is 1.38. The van der Waals surface area contributed by atoms with Gasteiger partial charge in [0.1, 0.15) is 12.3 Å². The van der Waals surface area contributed by atoms with Crippen molar-refractivity contribution < 1.29 is 19.5 Å². The second-order valence-electron chi connectivity index (χ2n) is 5.62. The number of amides is 3. The average Bonchev–Trinajstić information content (AvgIpc) is 2.88. The van der Waals surface area contributed by atoms with Crippen molar-refractivity contribution in [1.29, 1.82) is 0 Å². The van der Waals surface area contributed by atoms with Gasteiger partial charge in [0.15, 0.2) is 0 Å². The molecule has 1 fully saturated rings. The summed E-state index contributed by atoms with van der Waals surface area (Å²) in [5.74, 6) is -1.23. The molecule has 10 heteroatoms. The summed E-state index contributed by atoms with van der Waals surface area (Å²) in [6.45, 7) is -0.452. The van der Waals surface area contributed by atoms with Crippen LogP contribution >= 0.6 is 57.6 Å². The van der Waals surface area contributed by atoms with Gasteiger partial charge in [-0.15, -0.1) is 0 Å². The van der Waals surface area contributed by atoms with Gasteiger partial charge in [0.2, 0.25) is 5.91 Å². The van der Waals surface area contributed by atoms with Crippen molar-refractivity contribution in [3.63, 3.8) is 0 Å². The molecule has 28 heavy (non-hydrogen) atoms. The molecular formula is C18H11Cl2IN2O4S. The van der Waals surface area contributed by atoms with Crippen molar-refractivity contribution in [1.82, 2.24) is 4.90 Å². The molecule has 1 heterocycles. The third-order valence-corrected chi connectivity index (χ3v) is 5.95. The highest BCUT2D eigenvalue weighted by Crippen LogP contribution is 2.36. The van der Waals surface area contributed by atoms with Crippen molar-refractivity contribution in [3.05, 3.63) is 60.5 Å². The first kappa shape index (κ1) is 21.0. The smallest absolute Gasteiger partial charge is 0.294 e. The Hall–Kier alpha value is -1.75. The molecule has 3 amide bonds. The summed E-state index contributed by atoms with van der Waals surface area (Å²) in [5, 5.41) is 12.8.